The van der Waals surface area contributed by atoms with Gasteiger partial charge >= 0.3 is 0 Å². The van der Waals surface area contributed by atoms with Crippen LogP contribution in [0.3, 0.4) is 0 Å². The first kappa shape index (κ1) is 5.90. The first-order valence-corrected chi connectivity index (χ1v) is 2.84. The molecule has 0 aliphatic carbocycles. The Kier molecular flexibility index (Phi) is 1.55. The predicted octanol–water partition coefficient (Wildman–Crippen LogP) is 1.39. The molecule has 1 aromatic rings. The normalized spacial score (nSPS) is 8.89. The minimum atomic E-state index is 0.509. The van der Waals surface area contributed by atoms with Gasteiger partial charge in [-0.1, -0.05) is 0 Å². The van der Waals surface area contributed by atoms with Gasteiger partial charge in [0.1, 0.15) is 0 Å². The van der Waals surface area contributed by atoms with Crippen LogP contribution in [0.1, 0.15) is 11.3 Å². The maximum atomic E-state index is 8.30. The van der Waals surface area contributed by atoms with Crippen molar-refractivity contribution in [3.8, 4) is 6.07 Å². The van der Waals surface area contributed by atoms with Crippen molar-refractivity contribution in [2.24, 2.45) is 0 Å². The van der Waals surface area contributed by atoms with E-state index in [1.165, 1.54) is 0 Å². The van der Waals surface area contributed by atoms with Crippen molar-refractivity contribution in [1.82, 2.24) is 4.98 Å². The summed E-state index contributed by atoms with van der Waals surface area (Å²) in [6.45, 7) is 1.96. The predicted molar refractivity (Wildman–Crippen MR) is 34.8 cm³/mol. The molecule has 0 aliphatic rings. The number of H-pyrrole nitrogens is 1. The van der Waals surface area contributed by atoms with E-state index >= 15 is 0 Å². The van der Waals surface area contributed by atoms with Crippen molar-refractivity contribution in [1.29, 1.82) is 5.26 Å². The zero-order chi connectivity index (χ0) is 6.69. The Bertz CT molecular complexity index is 229. The van der Waals surface area contributed by atoms with Gasteiger partial charge in [-0.3, -0.25) is 0 Å². The van der Waals surface area contributed by atoms with Crippen molar-refractivity contribution in [3.63, 3.8) is 0 Å². The fraction of sp³-hybridized carbons (Fsp3) is 0.286. The van der Waals surface area contributed by atoms with Gasteiger partial charge in [0.25, 0.3) is 0 Å². The number of rotatable bonds is 1. The molecule has 0 amide bonds. The first-order chi connectivity index (χ1) is 4.34. The number of hydrogen-bond donors (Lipinski definition) is 1. The molecular formula is C7H8N2. The number of nitrogens with zero attached hydrogens (tertiary/aromatic N) is 1. The van der Waals surface area contributed by atoms with Crippen LogP contribution in [0, 0.1) is 18.3 Å². The monoisotopic (exact) mass is 120 g/mol. The molecule has 0 saturated carbocycles. The molecule has 9 heavy (non-hydrogen) atoms. The van der Waals surface area contributed by atoms with Gasteiger partial charge < -0.3 is 4.98 Å². The van der Waals surface area contributed by atoms with Crippen molar-refractivity contribution in [3.05, 3.63) is 23.5 Å². The van der Waals surface area contributed by atoms with E-state index in [0.717, 1.165) is 11.3 Å². The number of aromatic amines is 1. The molecule has 0 unspecified atom stereocenters. The van der Waals surface area contributed by atoms with Crippen LogP contribution in [-0.2, 0) is 6.42 Å². The maximum Gasteiger partial charge on any atom is 0.0670 e. The largest absolute Gasteiger partial charge is 0.365 e. The van der Waals surface area contributed by atoms with Gasteiger partial charge in [-0.25, -0.2) is 0 Å². The van der Waals surface area contributed by atoms with E-state index in [0.29, 0.717) is 6.42 Å². The zero-order valence-electron chi connectivity index (χ0n) is 5.31. The molecule has 2 heteroatoms. The molecule has 1 aromatic heterocycles. The van der Waals surface area contributed by atoms with E-state index in [4.69, 9.17) is 5.26 Å². The van der Waals surface area contributed by atoms with Gasteiger partial charge in [-0.05, 0) is 18.6 Å². The van der Waals surface area contributed by atoms with E-state index < -0.39 is 0 Å². The lowest BCUT2D eigenvalue weighted by atomic mass is 10.2. The second kappa shape index (κ2) is 2.36. The van der Waals surface area contributed by atoms with Crippen molar-refractivity contribution in [2.75, 3.05) is 0 Å². The van der Waals surface area contributed by atoms with Crippen LogP contribution >= 0.6 is 0 Å². The highest BCUT2D eigenvalue weighted by atomic mass is 14.7. The quantitative estimate of drug-likeness (QED) is 0.597. The molecule has 0 radical (unpaired) electrons. The van der Waals surface area contributed by atoms with E-state index in [1.807, 2.05) is 19.2 Å². The van der Waals surface area contributed by atoms with Crippen LogP contribution < -0.4 is 0 Å². The Morgan fingerprint density at radius 3 is 3.00 bits per heavy atom. The third kappa shape index (κ3) is 1.11. The molecule has 0 bridgehead atoms. The van der Waals surface area contributed by atoms with Crippen LogP contribution in [0.4, 0.5) is 0 Å². The van der Waals surface area contributed by atoms with Crippen molar-refractivity contribution >= 4 is 0 Å². The lowest BCUT2D eigenvalue weighted by Gasteiger charge is -1.86. The Morgan fingerprint density at radius 1 is 1.78 bits per heavy atom. The standard InChI is InChI=1S/C7H8N2/c1-6-7(2-4-8)3-5-9-6/h3,5,9H,2H2,1H3. The van der Waals surface area contributed by atoms with Gasteiger partial charge in [0, 0.05) is 11.9 Å². The summed E-state index contributed by atoms with van der Waals surface area (Å²) in [5.41, 5.74) is 2.19. The third-order valence-electron chi connectivity index (χ3n) is 1.34. The number of nitriles is 1. The van der Waals surface area contributed by atoms with Gasteiger partial charge in [0.05, 0.1) is 12.5 Å². The van der Waals surface area contributed by atoms with E-state index in [9.17, 15) is 0 Å². The van der Waals surface area contributed by atoms with Gasteiger partial charge in [-0.2, -0.15) is 5.26 Å². The highest BCUT2D eigenvalue weighted by Crippen LogP contribution is 2.03. The number of nitrogens with one attached hydrogen (secondary N) is 1. The third-order valence-corrected chi connectivity index (χ3v) is 1.34. The summed E-state index contributed by atoms with van der Waals surface area (Å²) in [4.78, 5) is 3.00. The molecule has 1 heterocycles. The highest BCUT2D eigenvalue weighted by Gasteiger charge is 1.94. The van der Waals surface area contributed by atoms with Crippen LogP contribution in [0.2, 0.25) is 0 Å². The number of aromatic nitrogens is 1. The summed E-state index contributed by atoms with van der Waals surface area (Å²) < 4.78 is 0. The highest BCUT2D eigenvalue weighted by molar-refractivity contribution is 5.21. The molecule has 2 nitrogen and oxygen atoms in total. The molecule has 46 valence electrons. The maximum absolute atomic E-state index is 8.30. The molecule has 0 spiro atoms. The van der Waals surface area contributed by atoms with Gasteiger partial charge in [0.15, 0.2) is 0 Å². The van der Waals surface area contributed by atoms with Crippen molar-refractivity contribution in [2.45, 2.75) is 13.3 Å². The van der Waals surface area contributed by atoms with E-state index in [2.05, 4.69) is 11.1 Å². The topological polar surface area (TPSA) is 39.6 Å². The Balaban J connectivity index is 2.84. The smallest absolute Gasteiger partial charge is 0.0670 e. The fourth-order valence-electron chi connectivity index (χ4n) is 0.762. The lowest BCUT2D eigenvalue weighted by molar-refractivity contribution is 1.18. The van der Waals surface area contributed by atoms with Gasteiger partial charge in [-0.15, -0.1) is 0 Å². The summed E-state index contributed by atoms with van der Waals surface area (Å²) in [7, 11) is 0. The van der Waals surface area contributed by atoms with Crippen LogP contribution in [0.25, 0.3) is 0 Å². The SMILES string of the molecule is Cc1[nH]ccc1CC#N. The average Bonchev–Trinajstić information content (AvgIpc) is 2.18. The summed E-state index contributed by atoms with van der Waals surface area (Å²) in [5, 5.41) is 8.30. The molecule has 0 saturated heterocycles. The average molecular weight is 120 g/mol. The number of aryl methyl sites for hydroxylation is 1. The Morgan fingerprint density at radius 2 is 2.56 bits per heavy atom. The molecular weight excluding hydrogens is 112 g/mol. The molecule has 1 rings (SSSR count). The molecule has 0 aliphatic heterocycles. The minimum Gasteiger partial charge on any atom is -0.365 e. The van der Waals surface area contributed by atoms with E-state index in [1.54, 1.807) is 0 Å². The second-order valence-electron chi connectivity index (χ2n) is 1.96. The lowest BCUT2D eigenvalue weighted by Crippen LogP contribution is -1.80. The van der Waals surface area contributed by atoms with Crippen LogP contribution in [-0.4, -0.2) is 4.98 Å². The zero-order valence-corrected chi connectivity index (χ0v) is 5.31. The molecule has 1 N–H and O–H groups in total. The van der Waals surface area contributed by atoms with E-state index in [-0.39, 0.29) is 0 Å². The summed E-state index contributed by atoms with van der Waals surface area (Å²) >= 11 is 0. The summed E-state index contributed by atoms with van der Waals surface area (Å²) in [5.74, 6) is 0. The van der Waals surface area contributed by atoms with Crippen LogP contribution in [0.5, 0.6) is 0 Å². The Hall–Kier alpha value is -1.23. The fourth-order valence-corrected chi connectivity index (χ4v) is 0.762. The first-order valence-electron chi connectivity index (χ1n) is 2.84. The van der Waals surface area contributed by atoms with Gasteiger partial charge in [0.2, 0.25) is 0 Å². The molecule has 0 fully saturated rings. The summed E-state index contributed by atoms with van der Waals surface area (Å²) in [6, 6.07) is 4.02. The second-order valence-corrected chi connectivity index (χ2v) is 1.96. The van der Waals surface area contributed by atoms with Crippen LogP contribution in [0.15, 0.2) is 12.3 Å². The summed E-state index contributed by atoms with van der Waals surface area (Å²) in [6.07, 6.45) is 2.36. The minimum absolute atomic E-state index is 0.509. The number of hydrogen-bond acceptors (Lipinski definition) is 1. The molecule has 0 atom stereocenters. The van der Waals surface area contributed by atoms with Crippen molar-refractivity contribution < 1.29 is 0 Å². The molecule has 0 aromatic carbocycles. The Labute approximate surface area is 54.1 Å².